The van der Waals surface area contributed by atoms with E-state index in [9.17, 15) is 9.59 Å². The minimum atomic E-state index is -0.599. The quantitative estimate of drug-likeness (QED) is 0.477. The third-order valence-corrected chi connectivity index (χ3v) is 3.26. The first-order valence-corrected chi connectivity index (χ1v) is 6.48. The maximum atomic E-state index is 12.4. The molecule has 2 aromatic carbocycles. The molecule has 0 aliphatic carbocycles. The number of carbonyl (C=O) groups is 2. The second kappa shape index (κ2) is 5.85. The number of rotatable bonds is 4. The van der Waals surface area contributed by atoms with Gasteiger partial charge in [-0.3, -0.25) is 9.59 Å². The molecule has 0 saturated carbocycles. The van der Waals surface area contributed by atoms with E-state index in [1.807, 2.05) is 19.1 Å². The summed E-state index contributed by atoms with van der Waals surface area (Å²) in [5.74, 6) is -0.213. The zero-order valence-electron chi connectivity index (χ0n) is 11.0. The fourth-order valence-electron chi connectivity index (χ4n) is 1.92. The molecular formula is C17H13ClO2. The summed E-state index contributed by atoms with van der Waals surface area (Å²) < 4.78 is 0. The lowest BCUT2D eigenvalue weighted by molar-refractivity contribution is 0.105. The zero-order valence-corrected chi connectivity index (χ0v) is 11.8. The largest absolute Gasteiger partial charge is 0.289 e. The summed E-state index contributed by atoms with van der Waals surface area (Å²) in [6, 6.07) is 13.9. The van der Waals surface area contributed by atoms with Crippen LogP contribution in [0.5, 0.6) is 0 Å². The average Bonchev–Trinajstić information content (AvgIpc) is 2.46. The average molecular weight is 285 g/mol. The van der Waals surface area contributed by atoms with Crippen LogP contribution in [-0.4, -0.2) is 11.0 Å². The Hall–Kier alpha value is -2.19. The Kier molecular flexibility index (Phi) is 4.16. The highest BCUT2D eigenvalue weighted by Crippen LogP contribution is 2.23. The van der Waals surface area contributed by atoms with Gasteiger partial charge < -0.3 is 0 Å². The van der Waals surface area contributed by atoms with Crippen molar-refractivity contribution >= 4 is 28.2 Å². The van der Waals surface area contributed by atoms with E-state index in [0.29, 0.717) is 16.7 Å². The van der Waals surface area contributed by atoms with Crippen LogP contribution in [0.25, 0.3) is 5.57 Å². The molecule has 0 atom stereocenters. The van der Waals surface area contributed by atoms with E-state index in [-0.39, 0.29) is 11.4 Å². The van der Waals surface area contributed by atoms with E-state index in [0.717, 1.165) is 5.56 Å². The highest BCUT2D eigenvalue weighted by molar-refractivity contribution is 6.68. The van der Waals surface area contributed by atoms with Crippen molar-refractivity contribution in [3.8, 4) is 0 Å². The van der Waals surface area contributed by atoms with Crippen molar-refractivity contribution in [3.05, 3.63) is 77.4 Å². The Bertz CT molecular complexity index is 684. The molecule has 2 rings (SSSR count). The van der Waals surface area contributed by atoms with Crippen LogP contribution in [-0.2, 0) is 0 Å². The molecule has 3 heteroatoms. The summed E-state index contributed by atoms with van der Waals surface area (Å²) in [5, 5.41) is -0.599. The fraction of sp³-hybridized carbons (Fsp3) is 0.0588. The number of halogens is 1. The zero-order chi connectivity index (χ0) is 14.7. The molecule has 0 aliphatic heterocycles. The first-order valence-electron chi connectivity index (χ1n) is 6.10. The Morgan fingerprint density at radius 3 is 2.05 bits per heavy atom. The van der Waals surface area contributed by atoms with Crippen LogP contribution < -0.4 is 0 Å². The molecule has 0 aliphatic rings. The third-order valence-electron chi connectivity index (χ3n) is 3.05. The topological polar surface area (TPSA) is 34.1 Å². The normalized spacial score (nSPS) is 10.1. The Labute approximate surface area is 122 Å². The molecule has 20 heavy (non-hydrogen) atoms. The van der Waals surface area contributed by atoms with Gasteiger partial charge in [0.2, 0.25) is 0 Å². The van der Waals surface area contributed by atoms with E-state index in [2.05, 4.69) is 6.58 Å². The molecule has 0 fully saturated rings. The molecule has 0 heterocycles. The Balaban J connectivity index is 2.39. The predicted molar refractivity (Wildman–Crippen MR) is 81.2 cm³/mol. The molecule has 0 N–H and O–H groups in total. The molecular weight excluding hydrogens is 272 g/mol. The highest BCUT2D eigenvalue weighted by atomic mass is 35.5. The molecule has 2 aromatic rings. The van der Waals surface area contributed by atoms with Gasteiger partial charge in [-0.15, -0.1) is 0 Å². The van der Waals surface area contributed by atoms with Gasteiger partial charge in [0.15, 0.2) is 5.78 Å². The van der Waals surface area contributed by atoms with Crippen molar-refractivity contribution in [2.75, 3.05) is 0 Å². The number of hydrogen-bond donors (Lipinski definition) is 0. The summed E-state index contributed by atoms with van der Waals surface area (Å²) in [6.07, 6.45) is 0. The van der Waals surface area contributed by atoms with Crippen molar-refractivity contribution in [1.82, 2.24) is 0 Å². The van der Waals surface area contributed by atoms with E-state index in [4.69, 9.17) is 11.6 Å². The summed E-state index contributed by atoms with van der Waals surface area (Å²) in [7, 11) is 0. The molecule has 0 aromatic heterocycles. The van der Waals surface area contributed by atoms with Crippen molar-refractivity contribution < 1.29 is 9.59 Å². The predicted octanol–water partition coefficient (Wildman–Crippen LogP) is 4.27. The fourth-order valence-corrected chi connectivity index (χ4v) is 2.08. The van der Waals surface area contributed by atoms with Crippen molar-refractivity contribution in [2.45, 2.75) is 6.92 Å². The molecule has 0 radical (unpaired) electrons. The smallest absolute Gasteiger partial charge is 0.253 e. The van der Waals surface area contributed by atoms with Crippen LogP contribution in [0.4, 0.5) is 0 Å². The number of ketones is 1. The number of allylic oxidation sites excluding steroid dienone is 1. The SMILES string of the molecule is C=C(C(=O)c1ccc(C)cc1)c1ccccc1C(=O)Cl. The lowest BCUT2D eigenvalue weighted by atomic mass is 9.94. The van der Waals surface area contributed by atoms with Crippen LogP contribution >= 0.6 is 11.6 Å². The maximum Gasteiger partial charge on any atom is 0.253 e. The van der Waals surface area contributed by atoms with Gasteiger partial charge in [-0.25, -0.2) is 0 Å². The van der Waals surface area contributed by atoms with Crippen LogP contribution in [0.2, 0.25) is 0 Å². The van der Waals surface area contributed by atoms with Gasteiger partial charge in [-0.1, -0.05) is 54.6 Å². The van der Waals surface area contributed by atoms with E-state index in [1.54, 1.807) is 36.4 Å². The minimum absolute atomic E-state index is 0.213. The van der Waals surface area contributed by atoms with Crippen molar-refractivity contribution in [1.29, 1.82) is 0 Å². The summed E-state index contributed by atoms with van der Waals surface area (Å²) >= 11 is 5.53. The first kappa shape index (κ1) is 14.2. The molecule has 100 valence electrons. The Morgan fingerprint density at radius 1 is 0.950 bits per heavy atom. The number of hydrogen-bond acceptors (Lipinski definition) is 2. The summed E-state index contributed by atoms with van der Waals surface area (Å²) in [6.45, 7) is 5.76. The van der Waals surface area contributed by atoms with Gasteiger partial charge in [0.1, 0.15) is 0 Å². The van der Waals surface area contributed by atoms with Crippen LogP contribution in [0, 0.1) is 6.92 Å². The van der Waals surface area contributed by atoms with Gasteiger partial charge >= 0.3 is 0 Å². The van der Waals surface area contributed by atoms with Crippen molar-refractivity contribution in [3.63, 3.8) is 0 Å². The third kappa shape index (κ3) is 2.86. The number of Topliss-reactive ketones (excluding diaryl/α,β-unsaturated/α-hetero) is 1. The van der Waals surface area contributed by atoms with Crippen LogP contribution in [0.15, 0.2) is 55.1 Å². The molecule has 0 unspecified atom stereocenters. The van der Waals surface area contributed by atoms with Gasteiger partial charge in [-0.05, 0) is 30.2 Å². The van der Waals surface area contributed by atoms with Gasteiger partial charge in [0.25, 0.3) is 5.24 Å². The lowest BCUT2D eigenvalue weighted by Crippen LogP contribution is -2.05. The summed E-state index contributed by atoms with van der Waals surface area (Å²) in [4.78, 5) is 23.8. The molecule has 0 spiro atoms. The first-order chi connectivity index (χ1) is 9.50. The lowest BCUT2D eigenvalue weighted by Gasteiger charge is -2.09. The molecule has 0 bridgehead atoms. The molecule has 0 saturated heterocycles. The van der Waals surface area contributed by atoms with Crippen LogP contribution in [0.1, 0.15) is 31.8 Å². The molecule has 2 nitrogen and oxygen atoms in total. The van der Waals surface area contributed by atoms with Crippen molar-refractivity contribution in [2.24, 2.45) is 0 Å². The number of aryl methyl sites for hydroxylation is 1. The minimum Gasteiger partial charge on any atom is -0.289 e. The van der Waals surface area contributed by atoms with Crippen LogP contribution in [0.3, 0.4) is 0 Å². The van der Waals surface area contributed by atoms with E-state index >= 15 is 0 Å². The van der Waals surface area contributed by atoms with Gasteiger partial charge in [0.05, 0.1) is 0 Å². The van der Waals surface area contributed by atoms with Gasteiger partial charge in [-0.2, -0.15) is 0 Å². The second-order valence-corrected chi connectivity index (χ2v) is 4.84. The second-order valence-electron chi connectivity index (χ2n) is 4.49. The maximum absolute atomic E-state index is 12.4. The highest BCUT2D eigenvalue weighted by Gasteiger charge is 2.17. The van der Waals surface area contributed by atoms with E-state index < -0.39 is 5.24 Å². The standard InChI is InChI=1S/C17H13ClO2/c1-11-7-9-13(10-8-11)16(19)12(2)14-5-3-4-6-15(14)17(18)20/h3-10H,2H2,1H3. The number of carbonyl (C=O) groups excluding carboxylic acids is 2. The van der Waals surface area contributed by atoms with Gasteiger partial charge in [0, 0.05) is 16.7 Å². The molecule has 0 amide bonds. The summed E-state index contributed by atoms with van der Waals surface area (Å²) in [5.41, 5.74) is 2.64. The Morgan fingerprint density at radius 2 is 1.50 bits per heavy atom. The number of benzene rings is 2. The monoisotopic (exact) mass is 284 g/mol. The van der Waals surface area contributed by atoms with E-state index in [1.165, 1.54) is 0 Å².